The van der Waals surface area contributed by atoms with E-state index < -0.39 is 35.3 Å². The molecule has 1 aliphatic rings. The molecule has 2 aromatic carbocycles. The molecule has 4 amide bonds. The van der Waals surface area contributed by atoms with Crippen molar-refractivity contribution in [2.75, 3.05) is 0 Å². The summed E-state index contributed by atoms with van der Waals surface area (Å²) in [6.45, 7) is 1.76. The summed E-state index contributed by atoms with van der Waals surface area (Å²) in [5.74, 6) is -1.82. The molecule has 0 spiro atoms. The number of rotatable bonds is 7. The fraction of sp³-hybridized carbons (Fsp3) is 0.348. The predicted octanol–water partition coefficient (Wildman–Crippen LogP) is 2.55. The van der Waals surface area contributed by atoms with Gasteiger partial charge in [-0.15, -0.1) is 0 Å². The number of carbonyl (C=O) groups excluding carboxylic acids is 3. The number of hydrogen-bond acceptors (Lipinski definition) is 4. The molecular weight excluding hydrogens is 415 g/mol. The summed E-state index contributed by atoms with van der Waals surface area (Å²) in [5.41, 5.74) is 4.48. The minimum absolute atomic E-state index is 0.0644. The molecule has 3 rings (SSSR count). The predicted molar refractivity (Wildman–Crippen MR) is 116 cm³/mol. The maximum absolute atomic E-state index is 13.7. The van der Waals surface area contributed by atoms with Gasteiger partial charge in [0.15, 0.2) is 17.7 Å². The summed E-state index contributed by atoms with van der Waals surface area (Å²) in [5, 5.41) is 5.52. The summed E-state index contributed by atoms with van der Waals surface area (Å²) in [4.78, 5) is 37.6. The molecule has 9 heteroatoms. The van der Waals surface area contributed by atoms with Gasteiger partial charge < -0.3 is 15.4 Å². The van der Waals surface area contributed by atoms with Crippen LogP contribution in [0.5, 0.6) is 5.75 Å². The minimum atomic E-state index is -1.12. The lowest BCUT2D eigenvalue weighted by molar-refractivity contribution is -0.135. The van der Waals surface area contributed by atoms with Crippen LogP contribution >= 0.6 is 0 Å². The third kappa shape index (κ3) is 5.96. The number of carbonyl (C=O) groups is 3. The van der Waals surface area contributed by atoms with Crippen molar-refractivity contribution in [3.8, 4) is 5.75 Å². The van der Waals surface area contributed by atoms with E-state index in [-0.39, 0.29) is 5.75 Å². The summed E-state index contributed by atoms with van der Waals surface area (Å²) >= 11 is 0. The first-order chi connectivity index (χ1) is 15.4. The van der Waals surface area contributed by atoms with Gasteiger partial charge in [-0.1, -0.05) is 55.3 Å². The SMILES string of the molecule is CC(Oc1ccccc1F)C(=O)NNC(=O)C1(NC(=O)NCc2ccccc2)CCCC1. The molecular formula is C23H27FN4O4. The second-order valence-corrected chi connectivity index (χ2v) is 7.72. The molecule has 0 saturated heterocycles. The molecule has 1 atom stereocenters. The molecule has 1 unspecified atom stereocenters. The standard InChI is InChI=1S/C23H27FN4O4/c1-16(32-19-12-6-5-11-18(19)24)20(29)27-28-21(30)23(13-7-8-14-23)26-22(31)25-15-17-9-3-2-4-10-17/h2-6,9-12,16H,7-8,13-15H2,1H3,(H,27,29)(H,28,30)(H2,25,26,31). The number of ether oxygens (including phenoxy) is 1. The third-order valence-corrected chi connectivity index (χ3v) is 5.35. The van der Waals surface area contributed by atoms with Crippen molar-refractivity contribution in [2.45, 2.75) is 50.8 Å². The smallest absolute Gasteiger partial charge is 0.315 e. The molecule has 0 heterocycles. The quantitative estimate of drug-likeness (QED) is 0.494. The van der Waals surface area contributed by atoms with Gasteiger partial charge in [-0.2, -0.15) is 0 Å². The first-order valence-electron chi connectivity index (χ1n) is 10.5. The molecule has 170 valence electrons. The molecule has 0 aliphatic heterocycles. The van der Waals surface area contributed by atoms with Crippen LogP contribution in [0, 0.1) is 5.82 Å². The number of benzene rings is 2. The fourth-order valence-electron chi connectivity index (χ4n) is 3.55. The van der Waals surface area contributed by atoms with Crippen LogP contribution in [0.1, 0.15) is 38.2 Å². The number of para-hydroxylation sites is 1. The largest absolute Gasteiger partial charge is 0.478 e. The number of urea groups is 1. The van der Waals surface area contributed by atoms with Gasteiger partial charge in [0, 0.05) is 6.54 Å². The number of hydrazine groups is 1. The van der Waals surface area contributed by atoms with Gasteiger partial charge in [-0.25, -0.2) is 9.18 Å². The Morgan fingerprint density at radius 3 is 2.34 bits per heavy atom. The van der Waals surface area contributed by atoms with Crippen LogP contribution in [-0.4, -0.2) is 29.5 Å². The number of hydrogen-bond donors (Lipinski definition) is 4. The van der Waals surface area contributed by atoms with Crippen molar-refractivity contribution >= 4 is 17.8 Å². The highest BCUT2D eigenvalue weighted by Crippen LogP contribution is 2.29. The molecule has 2 aromatic rings. The molecule has 0 bridgehead atoms. The molecule has 1 fully saturated rings. The van der Waals surface area contributed by atoms with E-state index in [1.165, 1.54) is 25.1 Å². The van der Waals surface area contributed by atoms with Gasteiger partial charge in [-0.05, 0) is 37.5 Å². The normalized spacial score (nSPS) is 15.3. The Labute approximate surface area is 185 Å². The summed E-state index contributed by atoms with van der Waals surface area (Å²) in [6.07, 6.45) is 1.40. The van der Waals surface area contributed by atoms with Gasteiger partial charge in [-0.3, -0.25) is 20.4 Å². The first-order valence-corrected chi connectivity index (χ1v) is 10.5. The maximum atomic E-state index is 13.7. The van der Waals surface area contributed by atoms with E-state index in [0.29, 0.717) is 19.4 Å². The Morgan fingerprint density at radius 2 is 1.66 bits per heavy atom. The van der Waals surface area contributed by atoms with Crippen molar-refractivity contribution in [3.63, 3.8) is 0 Å². The Morgan fingerprint density at radius 1 is 1.00 bits per heavy atom. The number of halogens is 1. The average Bonchev–Trinajstić information content (AvgIpc) is 3.27. The Balaban J connectivity index is 1.52. The van der Waals surface area contributed by atoms with Crippen LogP contribution < -0.4 is 26.2 Å². The van der Waals surface area contributed by atoms with Gasteiger partial charge in [0.1, 0.15) is 5.54 Å². The lowest BCUT2D eigenvalue weighted by Gasteiger charge is -2.29. The second-order valence-electron chi connectivity index (χ2n) is 7.72. The van der Waals surface area contributed by atoms with Gasteiger partial charge >= 0.3 is 6.03 Å². The van der Waals surface area contributed by atoms with Crippen molar-refractivity contribution in [2.24, 2.45) is 0 Å². The highest BCUT2D eigenvalue weighted by Gasteiger charge is 2.42. The van der Waals surface area contributed by atoms with Crippen LogP contribution in [0.3, 0.4) is 0 Å². The lowest BCUT2D eigenvalue weighted by atomic mass is 9.97. The van der Waals surface area contributed by atoms with Gasteiger partial charge in [0.05, 0.1) is 0 Å². The van der Waals surface area contributed by atoms with E-state index in [4.69, 9.17) is 4.74 Å². The highest BCUT2D eigenvalue weighted by molar-refractivity contribution is 5.93. The Kier molecular flexibility index (Phi) is 7.64. The zero-order valence-corrected chi connectivity index (χ0v) is 17.8. The third-order valence-electron chi connectivity index (χ3n) is 5.35. The molecule has 4 N–H and O–H groups in total. The van der Waals surface area contributed by atoms with Crippen molar-refractivity contribution < 1.29 is 23.5 Å². The van der Waals surface area contributed by atoms with Crippen molar-refractivity contribution in [1.29, 1.82) is 0 Å². The first kappa shape index (κ1) is 23.1. The van der Waals surface area contributed by atoms with E-state index in [2.05, 4.69) is 21.5 Å². The molecule has 0 radical (unpaired) electrons. The zero-order valence-electron chi connectivity index (χ0n) is 17.8. The minimum Gasteiger partial charge on any atom is -0.478 e. The van der Waals surface area contributed by atoms with Crippen molar-refractivity contribution in [3.05, 3.63) is 66.0 Å². The van der Waals surface area contributed by atoms with Crippen molar-refractivity contribution in [1.82, 2.24) is 21.5 Å². The molecule has 8 nitrogen and oxygen atoms in total. The molecule has 0 aromatic heterocycles. The van der Waals surface area contributed by atoms with E-state index in [0.717, 1.165) is 18.4 Å². The topological polar surface area (TPSA) is 109 Å². The average molecular weight is 442 g/mol. The maximum Gasteiger partial charge on any atom is 0.315 e. The van der Waals surface area contributed by atoms with Crippen LogP contribution in [0.2, 0.25) is 0 Å². The van der Waals surface area contributed by atoms with Crippen LogP contribution in [-0.2, 0) is 16.1 Å². The molecule has 1 aliphatic carbocycles. The lowest BCUT2D eigenvalue weighted by Crippen LogP contribution is -2.62. The summed E-state index contributed by atoms with van der Waals surface area (Å²) < 4.78 is 19.0. The zero-order chi connectivity index (χ0) is 23.0. The van der Waals surface area contributed by atoms with Gasteiger partial charge in [0.2, 0.25) is 0 Å². The summed E-state index contributed by atoms with van der Waals surface area (Å²) in [6, 6.07) is 14.7. The van der Waals surface area contributed by atoms with Crippen LogP contribution in [0.4, 0.5) is 9.18 Å². The number of nitrogens with one attached hydrogen (secondary N) is 4. The highest BCUT2D eigenvalue weighted by atomic mass is 19.1. The second kappa shape index (κ2) is 10.6. The number of amides is 4. The van der Waals surface area contributed by atoms with E-state index in [1.807, 2.05) is 30.3 Å². The van der Waals surface area contributed by atoms with Gasteiger partial charge in [0.25, 0.3) is 11.8 Å². The molecule has 1 saturated carbocycles. The Bertz CT molecular complexity index is 948. The van der Waals surface area contributed by atoms with Crippen LogP contribution in [0.25, 0.3) is 0 Å². The van der Waals surface area contributed by atoms with E-state index >= 15 is 0 Å². The summed E-state index contributed by atoms with van der Waals surface area (Å²) in [7, 11) is 0. The van der Waals surface area contributed by atoms with E-state index in [1.54, 1.807) is 6.07 Å². The Hall–Kier alpha value is -3.62. The fourth-order valence-corrected chi connectivity index (χ4v) is 3.55. The monoisotopic (exact) mass is 442 g/mol. The van der Waals surface area contributed by atoms with Crippen LogP contribution in [0.15, 0.2) is 54.6 Å². The van der Waals surface area contributed by atoms with E-state index in [9.17, 15) is 18.8 Å². The molecule has 32 heavy (non-hydrogen) atoms.